The van der Waals surface area contributed by atoms with Crippen LogP contribution in [0.1, 0.15) is 5.56 Å². The molecule has 5 nitrogen and oxygen atoms in total. The van der Waals surface area contributed by atoms with E-state index in [-0.39, 0.29) is 0 Å². The molecule has 1 N–H and O–H groups in total. The third kappa shape index (κ3) is 3.92. The number of carbonyl (C=O) groups excluding carboxylic acids is 1. The predicted molar refractivity (Wildman–Crippen MR) is 73.2 cm³/mol. The Morgan fingerprint density at radius 2 is 1.94 bits per heavy atom. The maximum atomic E-state index is 11.3. The van der Waals surface area contributed by atoms with Gasteiger partial charge in [0.15, 0.2) is 0 Å². The van der Waals surface area contributed by atoms with Gasteiger partial charge < -0.3 is 19.9 Å². The summed E-state index contributed by atoms with van der Waals surface area (Å²) in [4.78, 5) is 15.3. The van der Waals surface area contributed by atoms with Crippen LogP contribution in [0.5, 0.6) is 5.75 Å². The summed E-state index contributed by atoms with van der Waals surface area (Å²) in [6.07, 6.45) is -0.453. The molecular formula is C13H21N3O2. The average molecular weight is 251 g/mol. The van der Waals surface area contributed by atoms with E-state index in [1.807, 2.05) is 56.2 Å². The van der Waals surface area contributed by atoms with E-state index >= 15 is 0 Å². The summed E-state index contributed by atoms with van der Waals surface area (Å²) in [6, 6.07) is 5.86. The van der Waals surface area contributed by atoms with Gasteiger partial charge in [0, 0.05) is 45.0 Å². The molecule has 1 aromatic rings. The molecule has 100 valence electrons. The molecule has 0 aliphatic heterocycles. The minimum absolute atomic E-state index is 0.453. The fraction of sp³-hybridized carbons (Fsp3) is 0.462. The van der Waals surface area contributed by atoms with Gasteiger partial charge in [0.1, 0.15) is 5.75 Å². The molecule has 0 heterocycles. The van der Waals surface area contributed by atoms with Gasteiger partial charge in [-0.25, -0.2) is 4.79 Å². The summed E-state index contributed by atoms with van der Waals surface area (Å²) >= 11 is 0. The number of amides is 1. The van der Waals surface area contributed by atoms with Crippen molar-refractivity contribution in [3.63, 3.8) is 0 Å². The van der Waals surface area contributed by atoms with Crippen LogP contribution in [0.3, 0.4) is 0 Å². The summed E-state index contributed by atoms with van der Waals surface area (Å²) < 4.78 is 5.28. The first-order valence-electron chi connectivity index (χ1n) is 5.78. The highest BCUT2D eigenvalue weighted by Crippen LogP contribution is 2.25. The van der Waals surface area contributed by atoms with Gasteiger partial charge in [-0.2, -0.15) is 0 Å². The number of carbonyl (C=O) groups is 1. The lowest BCUT2D eigenvalue weighted by Gasteiger charge is -2.18. The van der Waals surface area contributed by atoms with Crippen molar-refractivity contribution in [2.24, 2.45) is 0 Å². The number of anilines is 1. The summed E-state index contributed by atoms with van der Waals surface area (Å²) in [6.45, 7) is 0.722. The van der Waals surface area contributed by atoms with Gasteiger partial charge in [-0.3, -0.25) is 0 Å². The molecule has 1 aromatic carbocycles. The van der Waals surface area contributed by atoms with Gasteiger partial charge >= 0.3 is 6.09 Å². The third-order valence-corrected chi connectivity index (χ3v) is 2.46. The van der Waals surface area contributed by atoms with Gasteiger partial charge in [0.2, 0.25) is 0 Å². The molecule has 0 aliphatic carbocycles. The quantitative estimate of drug-likeness (QED) is 0.881. The van der Waals surface area contributed by atoms with E-state index in [9.17, 15) is 4.79 Å². The van der Waals surface area contributed by atoms with Crippen molar-refractivity contribution >= 4 is 11.8 Å². The lowest BCUT2D eigenvalue weighted by molar-refractivity contribution is 0.202. The van der Waals surface area contributed by atoms with Crippen molar-refractivity contribution in [1.29, 1.82) is 0 Å². The second-order valence-electron chi connectivity index (χ2n) is 4.56. The van der Waals surface area contributed by atoms with E-state index < -0.39 is 6.09 Å². The van der Waals surface area contributed by atoms with Crippen LogP contribution >= 0.6 is 0 Å². The molecule has 0 bridgehead atoms. The second-order valence-corrected chi connectivity index (χ2v) is 4.56. The Morgan fingerprint density at radius 3 is 2.44 bits per heavy atom. The minimum atomic E-state index is -0.453. The Morgan fingerprint density at radius 1 is 1.28 bits per heavy atom. The van der Waals surface area contributed by atoms with Crippen molar-refractivity contribution in [2.45, 2.75) is 6.54 Å². The molecule has 1 amide bonds. The molecule has 18 heavy (non-hydrogen) atoms. The van der Waals surface area contributed by atoms with Crippen molar-refractivity contribution in [3.05, 3.63) is 23.8 Å². The van der Waals surface area contributed by atoms with E-state index in [4.69, 9.17) is 4.74 Å². The van der Waals surface area contributed by atoms with Crippen LogP contribution in [0.25, 0.3) is 0 Å². The van der Waals surface area contributed by atoms with Gasteiger partial charge in [0.25, 0.3) is 0 Å². The van der Waals surface area contributed by atoms with Gasteiger partial charge in [0.05, 0.1) is 0 Å². The molecule has 0 saturated heterocycles. The van der Waals surface area contributed by atoms with E-state index in [1.54, 1.807) is 7.05 Å². The monoisotopic (exact) mass is 251 g/mol. The van der Waals surface area contributed by atoms with E-state index in [1.165, 1.54) is 0 Å². The zero-order valence-corrected chi connectivity index (χ0v) is 11.7. The van der Waals surface area contributed by atoms with Crippen LogP contribution in [-0.4, -0.2) is 46.2 Å². The molecular weight excluding hydrogens is 230 g/mol. The molecule has 0 spiro atoms. The van der Waals surface area contributed by atoms with E-state index in [2.05, 4.69) is 5.32 Å². The molecule has 0 unspecified atom stereocenters. The summed E-state index contributed by atoms with van der Waals surface area (Å²) in [5.41, 5.74) is 1.98. The van der Waals surface area contributed by atoms with Gasteiger partial charge in [-0.1, -0.05) is 6.07 Å². The first-order chi connectivity index (χ1) is 8.43. The number of nitrogens with zero attached hydrogens (tertiary/aromatic N) is 2. The van der Waals surface area contributed by atoms with Crippen LogP contribution in [0.15, 0.2) is 18.2 Å². The first kappa shape index (κ1) is 14.3. The standard InChI is InChI=1S/C13H21N3O2/c1-14-13(17)18-12-8-11(16(4)5)7-6-10(12)9-15(2)3/h6-8H,9H2,1-5H3,(H,14,17). The normalized spacial score (nSPS) is 10.3. The van der Waals surface area contributed by atoms with E-state index in [0.29, 0.717) is 5.75 Å². The van der Waals surface area contributed by atoms with Gasteiger partial charge in [-0.05, 0) is 20.2 Å². The predicted octanol–water partition coefficient (Wildman–Crippen LogP) is 1.53. The van der Waals surface area contributed by atoms with Crippen LogP contribution in [0, 0.1) is 0 Å². The maximum Gasteiger partial charge on any atom is 0.412 e. The molecule has 1 rings (SSSR count). The van der Waals surface area contributed by atoms with Crippen molar-refractivity contribution < 1.29 is 9.53 Å². The third-order valence-electron chi connectivity index (χ3n) is 2.46. The van der Waals surface area contributed by atoms with Crippen LogP contribution in [-0.2, 0) is 6.54 Å². The smallest absolute Gasteiger partial charge is 0.410 e. The van der Waals surface area contributed by atoms with Crippen LogP contribution in [0.2, 0.25) is 0 Å². The zero-order chi connectivity index (χ0) is 13.7. The Hall–Kier alpha value is -1.75. The Balaban J connectivity index is 3.05. The zero-order valence-electron chi connectivity index (χ0n) is 11.7. The van der Waals surface area contributed by atoms with Crippen molar-refractivity contribution in [1.82, 2.24) is 10.2 Å². The maximum absolute atomic E-state index is 11.3. The Kier molecular flexibility index (Phi) is 4.97. The summed E-state index contributed by atoms with van der Waals surface area (Å²) in [5.74, 6) is 0.592. The van der Waals surface area contributed by atoms with E-state index in [0.717, 1.165) is 17.8 Å². The number of ether oxygens (including phenoxy) is 1. The highest BCUT2D eigenvalue weighted by molar-refractivity contribution is 5.71. The fourth-order valence-electron chi connectivity index (χ4n) is 1.54. The van der Waals surface area contributed by atoms with Crippen LogP contribution < -0.4 is 15.0 Å². The molecule has 0 aliphatic rings. The molecule has 0 saturated carbocycles. The second kappa shape index (κ2) is 6.26. The topological polar surface area (TPSA) is 44.8 Å². The lowest BCUT2D eigenvalue weighted by atomic mass is 10.1. The minimum Gasteiger partial charge on any atom is -0.410 e. The number of rotatable bonds is 4. The molecule has 0 aromatic heterocycles. The highest BCUT2D eigenvalue weighted by atomic mass is 16.6. The number of hydrogen-bond acceptors (Lipinski definition) is 4. The van der Waals surface area contributed by atoms with Crippen molar-refractivity contribution in [3.8, 4) is 5.75 Å². The number of hydrogen-bond donors (Lipinski definition) is 1. The lowest BCUT2D eigenvalue weighted by Crippen LogP contribution is -2.23. The molecule has 0 radical (unpaired) electrons. The Bertz CT molecular complexity index is 417. The highest BCUT2D eigenvalue weighted by Gasteiger charge is 2.10. The fourth-order valence-corrected chi connectivity index (χ4v) is 1.54. The summed E-state index contributed by atoms with van der Waals surface area (Å²) in [7, 11) is 9.39. The van der Waals surface area contributed by atoms with Crippen molar-refractivity contribution in [2.75, 3.05) is 40.1 Å². The number of benzene rings is 1. The van der Waals surface area contributed by atoms with Crippen LogP contribution in [0.4, 0.5) is 10.5 Å². The molecule has 0 atom stereocenters. The molecule has 5 heteroatoms. The molecule has 0 fully saturated rings. The summed E-state index contributed by atoms with van der Waals surface area (Å²) in [5, 5.41) is 2.45. The number of nitrogens with one attached hydrogen (secondary N) is 1. The van der Waals surface area contributed by atoms with Gasteiger partial charge in [-0.15, -0.1) is 0 Å². The largest absolute Gasteiger partial charge is 0.412 e. The average Bonchev–Trinajstić information content (AvgIpc) is 2.30. The first-order valence-corrected chi connectivity index (χ1v) is 5.78. The Labute approximate surface area is 108 Å². The SMILES string of the molecule is CNC(=O)Oc1cc(N(C)C)ccc1CN(C)C.